The van der Waals surface area contributed by atoms with Gasteiger partial charge in [0.15, 0.2) is 0 Å². The molecule has 0 aliphatic heterocycles. The first-order chi connectivity index (χ1) is 6.52. The topological polar surface area (TPSA) is 40.1 Å². The third-order valence-electron chi connectivity index (χ3n) is 1.50. The van der Waals surface area contributed by atoms with Crippen LogP contribution in [0.3, 0.4) is 0 Å². The summed E-state index contributed by atoms with van der Waals surface area (Å²) >= 11 is 0. The molecule has 0 aromatic carbocycles. The van der Waals surface area contributed by atoms with Gasteiger partial charge in [0.1, 0.15) is 0 Å². The number of carbonyl (C=O) groups is 1. The number of hydrogen-bond donors (Lipinski definition) is 0. The fraction of sp³-hybridized carbons (Fsp3) is 0.571. The minimum atomic E-state index is -5.89. The van der Waals surface area contributed by atoms with Gasteiger partial charge in [-0.1, -0.05) is 0 Å². The molecule has 0 aromatic heterocycles. The molecule has 0 spiro atoms. The van der Waals surface area contributed by atoms with E-state index in [9.17, 15) is 36.2 Å². The molecule has 0 heterocycles. The molecule has 0 bridgehead atoms. The number of rotatable bonds is 3. The first-order valence-electron chi connectivity index (χ1n) is 3.47. The van der Waals surface area contributed by atoms with Crippen molar-refractivity contribution in [3.8, 4) is 0 Å². The molecule has 0 saturated carbocycles. The minimum Gasteiger partial charge on any atom is -0.545 e. The predicted molar refractivity (Wildman–Crippen MR) is 34.7 cm³/mol. The molecule has 15 heavy (non-hydrogen) atoms. The van der Waals surface area contributed by atoms with Gasteiger partial charge >= 0.3 is 6.18 Å². The van der Waals surface area contributed by atoms with Gasteiger partial charge < -0.3 is 9.90 Å². The summed E-state index contributed by atoms with van der Waals surface area (Å²) in [7, 11) is 0. The van der Waals surface area contributed by atoms with Crippen molar-refractivity contribution < 1.29 is 36.2 Å². The molecule has 0 aromatic rings. The van der Waals surface area contributed by atoms with E-state index in [2.05, 4.69) is 0 Å². The Balaban J connectivity index is 5.35. The van der Waals surface area contributed by atoms with E-state index < -0.39 is 35.9 Å². The van der Waals surface area contributed by atoms with E-state index in [0.717, 1.165) is 0 Å². The number of carboxylic acid groups (broad SMARTS) is 1. The van der Waals surface area contributed by atoms with Crippen molar-refractivity contribution in [3.63, 3.8) is 0 Å². The molecule has 0 rings (SSSR count). The van der Waals surface area contributed by atoms with Crippen LogP contribution in [0.1, 0.15) is 6.92 Å². The average molecular weight is 235 g/mol. The summed E-state index contributed by atoms with van der Waals surface area (Å²) in [5.41, 5.74) is -6.23. The van der Waals surface area contributed by atoms with Crippen LogP contribution in [0, 0.1) is 0 Å². The van der Waals surface area contributed by atoms with Crippen LogP contribution >= 0.6 is 0 Å². The summed E-state index contributed by atoms with van der Waals surface area (Å²) < 4.78 is 72.1. The summed E-state index contributed by atoms with van der Waals surface area (Å²) in [6.07, 6.45) is -11.0. The monoisotopic (exact) mass is 235 g/mol. The van der Waals surface area contributed by atoms with Crippen LogP contribution in [0.4, 0.5) is 26.3 Å². The Hall–Kier alpha value is -1.21. The van der Waals surface area contributed by atoms with E-state index in [1.807, 2.05) is 0 Å². The summed E-state index contributed by atoms with van der Waals surface area (Å²) in [6, 6.07) is 0. The fourth-order valence-corrected chi connectivity index (χ4v) is 0.643. The number of alkyl halides is 6. The van der Waals surface area contributed by atoms with E-state index in [4.69, 9.17) is 0 Å². The van der Waals surface area contributed by atoms with E-state index in [1.165, 1.54) is 0 Å². The molecule has 2 nitrogen and oxygen atoms in total. The quantitative estimate of drug-likeness (QED) is 0.545. The molecule has 1 atom stereocenters. The van der Waals surface area contributed by atoms with Gasteiger partial charge in [0.2, 0.25) is 0 Å². The minimum absolute atomic E-state index is 0.526. The zero-order valence-corrected chi connectivity index (χ0v) is 7.24. The zero-order valence-electron chi connectivity index (χ0n) is 7.24. The molecule has 0 saturated heterocycles. The van der Waals surface area contributed by atoms with Gasteiger partial charge in [-0.25, -0.2) is 13.2 Å². The smallest absolute Gasteiger partial charge is 0.431 e. The SMILES string of the molecule is C/C(=C\C(F)(C(F)F)C(F)(F)F)C(=O)[O-]. The normalized spacial score (nSPS) is 17.7. The van der Waals surface area contributed by atoms with Gasteiger partial charge in [-0.3, -0.25) is 0 Å². The van der Waals surface area contributed by atoms with Crippen LogP contribution in [0.2, 0.25) is 0 Å². The second-order valence-corrected chi connectivity index (χ2v) is 2.68. The highest BCUT2D eigenvalue weighted by Gasteiger charge is 2.61. The van der Waals surface area contributed by atoms with Crippen molar-refractivity contribution >= 4 is 5.97 Å². The van der Waals surface area contributed by atoms with Crippen LogP contribution in [-0.4, -0.2) is 24.2 Å². The summed E-state index contributed by atoms with van der Waals surface area (Å²) in [5, 5.41) is 9.97. The van der Waals surface area contributed by atoms with Crippen molar-refractivity contribution in [1.82, 2.24) is 0 Å². The fourth-order valence-electron chi connectivity index (χ4n) is 0.643. The molecular formula is C7H5F6O2-. The van der Waals surface area contributed by atoms with Gasteiger partial charge in [-0.05, 0) is 18.6 Å². The average Bonchev–Trinajstić information content (AvgIpc) is 2.01. The maximum atomic E-state index is 12.8. The maximum absolute atomic E-state index is 12.8. The van der Waals surface area contributed by atoms with Gasteiger partial charge in [0.05, 0.1) is 5.97 Å². The molecular weight excluding hydrogens is 230 g/mol. The van der Waals surface area contributed by atoms with Gasteiger partial charge in [0, 0.05) is 0 Å². The zero-order chi connectivity index (χ0) is 12.4. The highest BCUT2D eigenvalue weighted by Crippen LogP contribution is 2.40. The van der Waals surface area contributed by atoms with E-state index in [-0.39, 0.29) is 0 Å². The highest BCUT2D eigenvalue weighted by molar-refractivity contribution is 5.84. The molecule has 0 aliphatic carbocycles. The number of hydrogen-bond acceptors (Lipinski definition) is 2. The first-order valence-corrected chi connectivity index (χ1v) is 3.47. The Morgan fingerprint density at radius 2 is 1.67 bits per heavy atom. The standard InChI is InChI=1S/C7H6F6O2/c1-3(4(14)15)2-6(10,5(8)9)7(11,12)13/h2,5H,1H3,(H,14,15)/p-1/b3-2+. The van der Waals surface area contributed by atoms with Crippen LogP contribution in [0.15, 0.2) is 11.6 Å². The van der Waals surface area contributed by atoms with Crippen molar-refractivity contribution in [1.29, 1.82) is 0 Å². The summed E-state index contributed by atoms with van der Waals surface area (Å²) in [4.78, 5) is 9.97. The van der Waals surface area contributed by atoms with E-state index in [0.29, 0.717) is 6.92 Å². The Labute approximate surface area is 80.2 Å². The number of aliphatic carboxylic acids is 1. The summed E-state index contributed by atoms with van der Waals surface area (Å²) in [6.45, 7) is 0.526. The predicted octanol–water partition coefficient (Wildman–Crippen LogP) is 1.22. The largest absolute Gasteiger partial charge is 0.545 e. The molecule has 0 aliphatic rings. The molecule has 1 unspecified atom stereocenters. The molecule has 0 radical (unpaired) electrons. The van der Waals surface area contributed by atoms with Crippen molar-refractivity contribution in [2.24, 2.45) is 0 Å². The Kier molecular flexibility index (Phi) is 3.78. The van der Waals surface area contributed by atoms with E-state index in [1.54, 1.807) is 0 Å². The van der Waals surface area contributed by atoms with Crippen molar-refractivity contribution in [2.45, 2.75) is 25.2 Å². The number of carboxylic acids is 1. The number of halogens is 6. The number of allylic oxidation sites excluding steroid dienone is 1. The molecule has 0 amide bonds. The van der Waals surface area contributed by atoms with Gasteiger partial charge in [0.25, 0.3) is 12.1 Å². The lowest BCUT2D eigenvalue weighted by Crippen LogP contribution is -2.46. The van der Waals surface area contributed by atoms with Crippen LogP contribution in [0.25, 0.3) is 0 Å². The number of carbonyl (C=O) groups excluding carboxylic acids is 1. The first kappa shape index (κ1) is 13.8. The van der Waals surface area contributed by atoms with Gasteiger partial charge in [-0.15, -0.1) is 0 Å². The second kappa shape index (κ2) is 4.11. The lowest BCUT2D eigenvalue weighted by molar-refractivity contribution is -0.299. The third-order valence-corrected chi connectivity index (χ3v) is 1.50. The van der Waals surface area contributed by atoms with Gasteiger partial charge in [-0.2, -0.15) is 13.2 Å². The molecule has 0 fully saturated rings. The molecule has 0 N–H and O–H groups in total. The van der Waals surface area contributed by atoms with Crippen molar-refractivity contribution in [3.05, 3.63) is 11.6 Å². The van der Waals surface area contributed by atoms with E-state index >= 15 is 0 Å². The maximum Gasteiger partial charge on any atom is 0.431 e. The van der Waals surface area contributed by atoms with Crippen molar-refractivity contribution in [2.75, 3.05) is 0 Å². The lowest BCUT2D eigenvalue weighted by Gasteiger charge is -2.24. The second-order valence-electron chi connectivity index (χ2n) is 2.68. The summed E-state index contributed by atoms with van der Waals surface area (Å²) in [5.74, 6) is -2.15. The molecule has 8 heteroatoms. The molecule has 88 valence electrons. The Morgan fingerprint density at radius 1 is 1.27 bits per heavy atom. The third kappa shape index (κ3) is 2.87. The Bertz CT molecular complexity index is 282. The van der Waals surface area contributed by atoms with Crippen LogP contribution < -0.4 is 5.11 Å². The van der Waals surface area contributed by atoms with Crippen LogP contribution in [0.5, 0.6) is 0 Å². The lowest BCUT2D eigenvalue weighted by atomic mass is 10.0. The highest BCUT2D eigenvalue weighted by atomic mass is 19.4. The Morgan fingerprint density at radius 3 is 1.87 bits per heavy atom. The van der Waals surface area contributed by atoms with Crippen LogP contribution in [-0.2, 0) is 4.79 Å².